The zero-order valence-corrected chi connectivity index (χ0v) is 13.3. The van der Waals surface area contributed by atoms with Crippen LogP contribution in [0, 0.1) is 5.92 Å². The molecule has 0 bridgehead atoms. The SMILES string of the molecule is CCc1nnc(N(CC2CC2)C(C)C)c(CN)c1CC. The summed E-state index contributed by atoms with van der Waals surface area (Å²) in [7, 11) is 0. The number of aryl methyl sites for hydroxylation is 1. The molecule has 1 heterocycles. The van der Waals surface area contributed by atoms with Gasteiger partial charge in [-0.25, -0.2) is 0 Å². The summed E-state index contributed by atoms with van der Waals surface area (Å²) < 4.78 is 0. The van der Waals surface area contributed by atoms with Gasteiger partial charge in [0.15, 0.2) is 5.82 Å². The van der Waals surface area contributed by atoms with Crippen molar-refractivity contribution in [1.29, 1.82) is 0 Å². The van der Waals surface area contributed by atoms with Crippen LogP contribution in [-0.4, -0.2) is 22.8 Å². The molecule has 0 unspecified atom stereocenters. The first-order valence-electron chi connectivity index (χ1n) is 7.96. The van der Waals surface area contributed by atoms with E-state index in [1.54, 1.807) is 0 Å². The van der Waals surface area contributed by atoms with Crippen LogP contribution in [0.15, 0.2) is 0 Å². The van der Waals surface area contributed by atoms with Crippen molar-refractivity contribution >= 4 is 5.82 Å². The summed E-state index contributed by atoms with van der Waals surface area (Å²) in [5.41, 5.74) is 9.65. The van der Waals surface area contributed by atoms with Gasteiger partial charge in [-0.2, -0.15) is 5.10 Å². The lowest BCUT2D eigenvalue weighted by Crippen LogP contribution is -2.35. The van der Waals surface area contributed by atoms with E-state index in [1.807, 2.05) is 0 Å². The number of nitrogens with two attached hydrogens (primary N) is 1. The smallest absolute Gasteiger partial charge is 0.156 e. The van der Waals surface area contributed by atoms with Crippen LogP contribution < -0.4 is 10.6 Å². The van der Waals surface area contributed by atoms with Crippen LogP contribution in [-0.2, 0) is 19.4 Å². The second kappa shape index (κ2) is 6.53. The highest BCUT2D eigenvalue weighted by molar-refractivity contribution is 5.52. The van der Waals surface area contributed by atoms with Gasteiger partial charge in [0.2, 0.25) is 0 Å². The Bertz CT molecular complexity index is 452. The van der Waals surface area contributed by atoms with Gasteiger partial charge in [0.1, 0.15) is 0 Å². The molecule has 2 N–H and O–H groups in total. The zero-order valence-electron chi connectivity index (χ0n) is 13.3. The Hall–Kier alpha value is -1.16. The normalized spacial score (nSPS) is 14.9. The lowest BCUT2D eigenvalue weighted by molar-refractivity contribution is 0.624. The molecule has 4 heteroatoms. The molecule has 1 saturated carbocycles. The molecule has 0 saturated heterocycles. The Balaban J connectivity index is 2.41. The van der Waals surface area contributed by atoms with Gasteiger partial charge in [-0.1, -0.05) is 13.8 Å². The molecule has 20 heavy (non-hydrogen) atoms. The molecule has 0 aliphatic heterocycles. The predicted octanol–water partition coefficient (Wildman–Crippen LogP) is 2.68. The molecule has 0 spiro atoms. The summed E-state index contributed by atoms with van der Waals surface area (Å²) in [4.78, 5) is 2.39. The van der Waals surface area contributed by atoms with Crippen LogP contribution in [0.2, 0.25) is 0 Å². The Morgan fingerprint density at radius 2 is 1.85 bits per heavy atom. The third kappa shape index (κ3) is 3.11. The summed E-state index contributed by atoms with van der Waals surface area (Å²) in [6, 6.07) is 0.437. The summed E-state index contributed by atoms with van der Waals surface area (Å²) in [5, 5.41) is 8.99. The molecular formula is C16H28N4. The van der Waals surface area contributed by atoms with E-state index in [-0.39, 0.29) is 0 Å². The lowest BCUT2D eigenvalue weighted by Gasteiger charge is -2.30. The minimum Gasteiger partial charge on any atom is -0.352 e. The van der Waals surface area contributed by atoms with Crippen LogP contribution in [0.3, 0.4) is 0 Å². The van der Waals surface area contributed by atoms with Crippen molar-refractivity contribution in [3.8, 4) is 0 Å². The van der Waals surface area contributed by atoms with Crippen molar-refractivity contribution in [2.75, 3.05) is 11.4 Å². The van der Waals surface area contributed by atoms with Gasteiger partial charge in [0.05, 0.1) is 5.69 Å². The highest BCUT2D eigenvalue weighted by Crippen LogP contribution is 2.33. The monoisotopic (exact) mass is 276 g/mol. The van der Waals surface area contributed by atoms with Crippen LogP contribution in [0.25, 0.3) is 0 Å². The fraction of sp³-hybridized carbons (Fsp3) is 0.750. The van der Waals surface area contributed by atoms with Gasteiger partial charge in [-0.15, -0.1) is 5.10 Å². The molecule has 0 aromatic carbocycles. The maximum atomic E-state index is 6.04. The van der Waals surface area contributed by atoms with Crippen molar-refractivity contribution in [1.82, 2.24) is 10.2 Å². The molecule has 4 nitrogen and oxygen atoms in total. The molecule has 1 aromatic rings. The van der Waals surface area contributed by atoms with Crippen LogP contribution >= 0.6 is 0 Å². The summed E-state index contributed by atoms with van der Waals surface area (Å²) >= 11 is 0. The molecule has 112 valence electrons. The van der Waals surface area contributed by atoms with Crippen LogP contribution in [0.1, 0.15) is 57.4 Å². The van der Waals surface area contributed by atoms with Crippen molar-refractivity contribution in [3.05, 3.63) is 16.8 Å². The zero-order chi connectivity index (χ0) is 14.7. The van der Waals surface area contributed by atoms with E-state index in [0.717, 1.165) is 36.8 Å². The molecule has 1 aliphatic carbocycles. The molecule has 0 amide bonds. The predicted molar refractivity (Wildman–Crippen MR) is 83.9 cm³/mol. The van der Waals surface area contributed by atoms with Crippen LogP contribution in [0.4, 0.5) is 5.82 Å². The maximum Gasteiger partial charge on any atom is 0.156 e. The Kier molecular flexibility index (Phi) is 4.97. The first kappa shape index (κ1) is 15.2. The molecule has 1 aromatic heterocycles. The minimum atomic E-state index is 0.437. The van der Waals surface area contributed by atoms with Crippen molar-refractivity contribution in [3.63, 3.8) is 0 Å². The Morgan fingerprint density at radius 3 is 2.30 bits per heavy atom. The van der Waals surface area contributed by atoms with Crippen LogP contribution in [0.5, 0.6) is 0 Å². The van der Waals surface area contributed by atoms with E-state index in [2.05, 4.69) is 42.8 Å². The van der Waals surface area contributed by atoms with Crippen molar-refractivity contribution in [2.24, 2.45) is 11.7 Å². The molecule has 0 radical (unpaired) electrons. The van der Waals surface area contributed by atoms with Gasteiger partial charge in [0, 0.05) is 24.7 Å². The van der Waals surface area contributed by atoms with Gasteiger partial charge in [-0.3, -0.25) is 0 Å². The number of rotatable bonds is 7. The van der Waals surface area contributed by atoms with E-state index in [4.69, 9.17) is 5.73 Å². The van der Waals surface area contributed by atoms with Gasteiger partial charge in [0.25, 0.3) is 0 Å². The lowest BCUT2D eigenvalue weighted by atomic mass is 10.0. The molecule has 2 rings (SSSR count). The minimum absolute atomic E-state index is 0.437. The third-order valence-electron chi connectivity index (χ3n) is 4.19. The Labute approximate surface area is 122 Å². The highest BCUT2D eigenvalue weighted by Gasteiger charge is 2.28. The fourth-order valence-corrected chi connectivity index (χ4v) is 2.80. The summed E-state index contributed by atoms with van der Waals surface area (Å²) in [6.07, 6.45) is 4.60. The Morgan fingerprint density at radius 1 is 1.15 bits per heavy atom. The first-order chi connectivity index (χ1) is 9.62. The maximum absolute atomic E-state index is 6.04. The quantitative estimate of drug-likeness (QED) is 0.832. The first-order valence-corrected chi connectivity index (χ1v) is 7.96. The van der Waals surface area contributed by atoms with E-state index in [0.29, 0.717) is 12.6 Å². The van der Waals surface area contributed by atoms with Gasteiger partial charge < -0.3 is 10.6 Å². The summed E-state index contributed by atoms with van der Waals surface area (Å²) in [5.74, 6) is 1.85. The molecular weight excluding hydrogens is 248 g/mol. The van der Waals surface area contributed by atoms with Crippen molar-refractivity contribution in [2.45, 2.75) is 66.0 Å². The summed E-state index contributed by atoms with van der Waals surface area (Å²) in [6.45, 7) is 10.4. The van der Waals surface area contributed by atoms with E-state index < -0.39 is 0 Å². The number of hydrogen-bond acceptors (Lipinski definition) is 4. The number of nitrogens with zero attached hydrogens (tertiary/aromatic N) is 3. The number of hydrogen-bond donors (Lipinski definition) is 1. The second-order valence-corrected chi connectivity index (χ2v) is 6.03. The number of anilines is 1. The third-order valence-corrected chi connectivity index (χ3v) is 4.19. The largest absolute Gasteiger partial charge is 0.352 e. The second-order valence-electron chi connectivity index (χ2n) is 6.03. The van der Waals surface area contributed by atoms with Crippen molar-refractivity contribution < 1.29 is 0 Å². The molecule has 1 aliphatic rings. The van der Waals surface area contributed by atoms with E-state index >= 15 is 0 Å². The van der Waals surface area contributed by atoms with E-state index in [9.17, 15) is 0 Å². The molecule has 0 atom stereocenters. The average Bonchev–Trinajstić information content (AvgIpc) is 3.26. The van der Waals surface area contributed by atoms with Gasteiger partial charge >= 0.3 is 0 Å². The highest BCUT2D eigenvalue weighted by atomic mass is 15.3. The topological polar surface area (TPSA) is 55.0 Å². The number of aromatic nitrogens is 2. The fourth-order valence-electron chi connectivity index (χ4n) is 2.80. The molecule has 1 fully saturated rings. The average molecular weight is 276 g/mol. The standard InChI is InChI=1S/C16H28N4/c1-5-13-14(9-17)16(19-18-15(13)6-2)20(11(3)4)10-12-7-8-12/h11-12H,5-10,17H2,1-4H3. The van der Waals surface area contributed by atoms with E-state index in [1.165, 1.54) is 24.0 Å². The van der Waals surface area contributed by atoms with Gasteiger partial charge in [-0.05, 0) is 51.0 Å².